The number of benzene rings is 1. The summed E-state index contributed by atoms with van der Waals surface area (Å²) >= 11 is 0. The third-order valence-corrected chi connectivity index (χ3v) is 4.77. The fourth-order valence-corrected chi connectivity index (χ4v) is 3.62. The van der Waals surface area contributed by atoms with E-state index in [1.165, 1.54) is 37.7 Å². The third kappa shape index (κ3) is 4.21. The number of rotatable bonds is 5. The van der Waals surface area contributed by atoms with Gasteiger partial charge >= 0.3 is 0 Å². The average molecular weight is 289 g/mol. The maximum Gasteiger partial charge on any atom is 0.120 e. The number of aliphatic hydroxyl groups is 1. The molecule has 1 aromatic carbocycles. The molecule has 21 heavy (non-hydrogen) atoms. The normalized spacial score (nSPS) is 24.3. The van der Waals surface area contributed by atoms with Crippen LogP contribution in [0.1, 0.15) is 44.1 Å². The average Bonchev–Trinajstić information content (AvgIpc) is 3.01. The van der Waals surface area contributed by atoms with Gasteiger partial charge in [0, 0.05) is 19.7 Å². The molecular weight excluding hydrogens is 262 g/mol. The van der Waals surface area contributed by atoms with Crippen LogP contribution >= 0.6 is 0 Å². The van der Waals surface area contributed by atoms with Crippen LogP contribution in [-0.2, 0) is 6.54 Å². The molecule has 1 unspecified atom stereocenters. The van der Waals surface area contributed by atoms with Crippen LogP contribution in [0.4, 0.5) is 0 Å². The molecule has 0 amide bonds. The predicted molar refractivity (Wildman–Crippen MR) is 84.4 cm³/mol. The Morgan fingerprint density at radius 2 is 2.00 bits per heavy atom. The first-order valence-electron chi connectivity index (χ1n) is 8.42. The van der Waals surface area contributed by atoms with Crippen molar-refractivity contribution < 1.29 is 9.84 Å². The van der Waals surface area contributed by atoms with Crippen LogP contribution in [0.25, 0.3) is 0 Å². The summed E-state index contributed by atoms with van der Waals surface area (Å²) in [5.41, 5.74) is 1.32. The first kappa shape index (κ1) is 14.9. The van der Waals surface area contributed by atoms with Crippen LogP contribution in [0.5, 0.6) is 5.75 Å². The molecule has 116 valence electrons. The van der Waals surface area contributed by atoms with E-state index in [4.69, 9.17) is 4.74 Å². The van der Waals surface area contributed by atoms with Crippen molar-refractivity contribution in [2.75, 3.05) is 19.7 Å². The van der Waals surface area contributed by atoms with E-state index in [0.29, 0.717) is 18.6 Å². The zero-order chi connectivity index (χ0) is 14.5. The van der Waals surface area contributed by atoms with Crippen molar-refractivity contribution in [3.8, 4) is 5.75 Å². The third-order valence-electron chi connectivity index (χ3n) is 4.77. The molecule has 1 saturated carbocycles. The monoisotopic (exact) mass is 289 g/mol. The molecule has 1 heterocycles. The lowest BCUT2D eigenvalue weighted by molar-refractivity contribution is 0.115. The van der Waals surface area contributed by atoms with E-state index >= 15 is 0 Å². The van der Waals surface area contributed by atoms with Gasteiger partial charge in [0.05, 0.1) is 6.10 Å². The van der Waals surface area contributed by atoms with Gasteiger partial charge in [0.25, 0.3) is 0 Å². The maximum absolute atomic E-state index is 9.33. The minimum Gasteiger partial charge on any atom is -0.490 e. The molecule has 1 atom stereocenters. The van der Waals surface area contributed by atoms with Gasteiger partial charge in [-0.15, -0.1) is 0 Å². The van der Waals surface area contributed by atoms with Crippen LogP contribution in [0.2, 0.25) is 0 Å². The molecule has 3 rings (SSSR count). The maximum atomic E-state index is 9.33. The van der Waals surface area contributed by atoms with Gasteiger partial charge in [0.15, 0.2) is 0 Å². The Balaban J connectivity index is 1.57. The number of aliphatic hydroxyl groups excluding tert-OH is 1. The van der Waals surface area contributed by atoms with Crippen molar-refractivity contribution in [2.24, 2.45) is 5.92 Å². The first-order chi connectivity index (χ1) is 10.3. The predicted octanol–water partition coefficient (Wildman–Crippen LogP) is 3.21. The Kier molecular flexibility index (Phi) is 5.15. The summed E-state index contributed by atoms with van der Waals surface area (Å²) in [6.07, 6.45) is 7.81. The Morgan fingerprint density at radius 3 is 2.81 bits per heavy atom. The highest BCUT2D eigenvalue weighted by Gasteiger charge is 2.20. The number of hydrogen-bond acceptors (Lipinski definition) is 3. The summed E-state index contributed by atoms with van der Waals surface area (Å²) in [5, 5.41) is 9.33. The number of likely N-dealkylation sites (tertiary alicyclic amines) is 1. The summed E-state index contributed by atoms with van der Waals surface area (Å²) in [5.74, 6) is 1.48. The molecule has 0 spiro atoms. The molecule has 1 aliphatic carbocycles. The van der Waals surface area contributed by atoms with E-state index in [9.17, 15) is 5.11 Å². The van der Waals surface area contributed by atoms with Gasteiger partial charge in [-0.25, -0.2) is 0 Å². The van der Waals surface area contributed by atoms with Crippen LogP contribution < -0.4 is 4.74 Å². The van der Waals surface area contributed by atoms with Crippen molar-refractivity contribution in [2.45, 2.75) is 51.2 Å². The molecule has 3 heteroatoms. The van der Waals surface area contributed by atoms with Crippen molar-refractivity contribution in [1.82, 2.24) is 4.90 Å². The molecule has 1 aromatic rings. The summed E-state index contributed by atoms with van der Waals surface area (Å²) < 4.78 is 6.09. The van der Waals surface area contributed by atoms with Gasteiger partial charge in [-0.05, 0) is 68.7 Å². The minimum absolute atomic E-state index is 0.321. The lowest BCUT2D eigenvalue weighted by Gasteiger charge is -2.31. The van der Waals surface area contributed by atoms with Gasteiger partial charge in [-0.2, -0.15) is 0 Å². The standard InChI is InChI=1S/C18H27NO2/c20-14-16-6-4-10-19(13-16)12-15-5-3-9-18(11-15)21-17-7-1-2-8-17/h3,5,9,11,16-17,20H,1-2,4,6-8,10,12-14H2. The Labute approximate surface area is 127 Å². The van der Waals surface area contributed by atoms with Gasteiger partial charge in [-0.3, -0.25) is 4.90 Å². The zero-order valence-electron chi connectivity index (χ0n) is 12.8. The van der Waals surface area contributed by atoms with Crippen LogP contribution in [0.15, 0.2) is 24.3 Å². The smallest absolute Gasteiger partial charge is 0.120 e. The second-order valence-electron chi connectivity index (χ2n) is 6.60. The molecule has 0 bridgehead atoms. The topological polar surface area (TPSA) is 32.7 Å². The van der Waals surface area contributed by atoms with Gasteiger partial charge in [0.1, 0.15) is 5.75 Å². The van der Waals surface area contributed by atoms with E-state index in [2.05, 4.69) is 29.2 Å². The van der Waals surface area contributed by atoms with Gasteiger partial charge in [0.2, 0.25) is 0 Å². The van der Waals surface area contributed by atoms with E-state index in [-0.39, 0.29) is 0 Å². The minimum atomic E-state index is 0.321. The quantitative estimate of drug-likeness (QED) is 0.903. The largest absolute Gasteiger partial charge is 0.490 e. The van der Waals surface area contributed by atoms with E-state index < -0.39 is 0 Å². The molecular formula is C18H27NO2. The van der Waals surface area contributed by atoms with Crippen molar-refractivity contribution in [1.29, 1.82) is 0 Å². The first-order valence-corrected chi connectivity index (χ1v) is 8.42. The SMILES string of the molecule is OCC1CCCN(Cc2cccc(OC3CCCC3)c2)C1. The Hall–Kier alpha value is -1.06. The second kappa shape index (κ2) is 7.28. The highest BCUT2D eigenvalue weighted by Crippen LogP contribution is 2.25. The summed E-state index contributed by atoms with van der Waals surface area (Å²) in [4.78, 5) is 2.46. The second-order valence-corrected chi connectivity index (χ2v) is 6.60. The van der Waals surface area contributed by atoms with Crippen molar-refractivity contribution >= 4 is 0 Å². The van der Waals surface area contributed by atoms with Crippen LogP contribution in [-0.4, -0.2) is 35.8 Å². The highest BCUT2D eigenvalue weighted by molar-refractivity contribution is 5.28. The van der Waals surface area contributed by atoms with Gasteiger partial charge < -0.3 is 9.84 Å². The Bertz CT molecular complexity index is 443. The zero-order valence-corrected chi connectivity index (χ0v) is 12.8. The lowest BCUT2D eigenvalue weighted by Crippen LogP contribution is -2.36. The summed E-state index contributed by atoms with van der Waals surface area (Å²) in [7, 11) is 0. The number of nitrogens with zero attached hydrogens (tertiary/aromatic N) is 1. The van der Waals surface area contributed by atoms with Crippen molar-refractivity contribution in [3.63, 3.8) is 0 Å². The lowest BCUT2D eigenvalue weighted by atomic mass is 9.98. The van der Waals surface area contributed by atoms with Crippen LogP contribution in [0.3, 0.4) is 0 Å². The van der Waals surface area contributed by atoms with Crippen molar-refractivity contribution in [3.05, 3.63) is 29.8 Å². The van der Waals surface area contributed by atoms with E-state index in [1.54, 1.807) is 0 Å². The summed E-state index contributed by atoms with van der Waals surface area (Å²) in [6, 6.07) is 8.56. The molecule has 1 aliphatic heterocycles. The molecule has 2 aliphatic rings. The molecule has 0 radical (unpaired) electrons. The number of piperidine rings is 1. The molecule has 2 fully saturated rings. The molecule has 1 N–H and O–H groups in total. The molecule has 1 saturated heterocycles. The molecule has 3 nitrogen and oxygen atoms in total. The fraction of sp³-hybridized carbons (Fsp3) is 0.667. The molecule has 0 aromatic heterocycles. The van der Waals surface area contributed by atoms with Crippen LogP contribution in [0, 0.1) is 5.92 Å². The number of ether oxygens (including phenoxy) is 1. The number of hydrogen-bond donors (Lipinski definition) is 1. The van der Waals surface area contributed by atoms with Gasteiger partial charge in [-0.1, -0.05) is 12.1 Å². The Morgan fingerprint density at radius 1 is 1.14 bits per heavy atom. The van der Waals surface area contributed by atoms with E-state index in [0.717, 1.165) is 31.8 Å². The van der Waals surface area contributed by atoms with E-state index in [1.807, 2.05) is 0 Å². The summed E-state index contributed by atoms with van der Waals surface area (Å²) in [6.45, 7) is 3.45. The highest BCUT2D eigenvalue weighted by atomic mass is 16.5. The fourth-order valence-electron chi connectivity index (χ4n) is 3.62.